The number of hydrogen-bond donors (Lipinski definition) is 2. The predicted octanol–water partition coefficient (Wildman–Crippen LogP) is 0.760. The van der Waals surface area contributed by atoms with E-state index in [2.05, 4.69) is 20.8 Å². The molecule has 2 aromatic rings. The largest absolute Gasteiger partial charge is 0.350 e. The summed E-state index contributed by atoms with van der Waals surface area (Å²) < 4.78 is 2.95. The maximum absolute atomic E-state index is 12.8. The molecule has 1 unspecified atom stereocenters. The highest BCUT2D eigenvalue weighted by molar-refractivity contribution is 5.76. The van der Waals surface area contributed by atoms with Gasteiger partial charge >= 0.3 is 0 Å². The lowest BCUT2D eigenvalue weighted by molar-refractivity contribution is -0.122. The third-order valence-corrected chi connectivity index (χ3v) is 5.09. The number of carbonyl (C=O) groups excluding carboxylic acids is 1. The number of carbonyl (C=O) groups is 1. The molecular formula is C18H26N6O2. The zero-order valence-corrected chi connectivity index (χ0v) is 15.4. The average Bonchev–Trinajstić information content (AvgIpc) is 3.37. The van der Waals surface area contributed by atoms with Crippen molar-refractivity contribution < 1.29 is 4.79 Å². The van der Waals surface area contributed by atoms with Gasteiger partial charge in [0, 0.05) is 24.4 Å². The minimum Gasteiger partial charge on any atom is -0.350 e. The Balaban J connectivity index is 1.62. The standard InChI is InChI=1S/C18H26N6O2/c1-11(2)17-22-23(10-16(25)20-13-4-3-7-19-9-13)18(26)15-8-14(12-5-6-12)21-24(15)17/h8,11-13,19H,3-7,9-10H2,1-2H3,(H,20,25). The maximum atomic E-state index is 12.8. The molecule has 8 nitrogen and oxygen atoms in total. The monoisotopic (exact) mass is 358 g/mol. The van der Waals surface area contributed by atoms with Crippen LogP contribution in [0.15, 0.2) is 10.9 Å². The Labute approximate surface area is 152 Å². The first-order chi connectivity index (χ1) is 12.5. The van der Waals surface area contributed by atoms with E-state index in [-0.39, 0.29) is 30.0 Å². The van der Waals surface area contributed by atoms with Crippen molar-refractivity contribution in [1.29, 1.82) is 0 Å². The summed E-state index contributed by atoms with van der Waals surface area (Å²) in [6.07, 6.45) is 4.26. The van der Waals surface area contributed by atoms with Crippen LogP contribution < -0.4 is 16.2 Å². The number of amides is 1. The van der Waals surface area contributed by atoms with E-state index in [0.717, 1.165) is 44.5 Å². The minimum atomic E-state index is -0.259. The molecule has 0 radical (unpaired) electrons. The van der Waals surface area contributed by atoms with Crippen molar-refractivity contribution >= 4 is 11.4 Å². The van der Waals surface area contributed by atoms with Crippen LogP contribution in [0.4, 0.5) is 0 Å². The van der Waals surface area contributed by atoms with Crippen molar-refractivity contribution in [1.82, 2.24) is 30.0 Å². The van der Waals surface area contributed by atoms with Gasteiger partial charge in [0.05, 0.1) is 5.69 Å². The molecule has 1 atom stereocenters. The number of rotatable bonds is 5. The number of nitrogens with zero attached hydrogens (tertiary/aromatic N) is 4. The fourth-order valence-corrected chi connectivity index (χ4v) is 3.50. The van der Waals surface area contributed by atoms with Crippen LogP contribution in [0, 0.1) is 0 Å². The number of nitrogens with one attached hydrogen (secondary N) is 2. The predicted molar refractivity (Wildman–Crippen MR) is 97.3 cm³/mol. The van der Waals surface area contributed by atoms with Gasteiger partial charge in [-0.3, -0.25) is 9.59 Å². The highest BCUT2D eigenvalue weighted by atomic mass is 16.2. The molecule has 2 fully saturated rings. The summed E-state index contributed by atoms with van der Waals surface area (Å²) >= 11 is 0. The molecule has 1 aliphatic heterocycles. The molecule has 1 aliphatic carbocycles. The highest BCUT2D eigenvalue weighted by Crippen LogP contribution is 2.39. The van der Waals surface area contributed by atoms with Gasteiger partial charge in [-0.15, -0.1) is 0 Å². The smallest absolute Gasteiger partial charge is 0.293 e. The van der Waals surface area contributed by atoms with Crippen molar-refractivity contribution in [3.8, 4) is 0 Å². The van der Waals surface area contributed by atoms with Gasteiger partial charge in [-0.25, -0.2) is 9.20 Å². The van der Waals surface area contributed by atoms with Gasteiger partial charge in [-0.2, -0.15) is 10.2 Å². The lowest BCUT2D eigenvalue weighted by Crippen LogP contribution is -2.47. The molecule has 0 bridgehead atoms. The number of piperidine rings is 1. The van der Waals surface area contributed by atoms with E-state index in [9.17, 15) is 9.59 Å². The molecule has 4 rings (SSSR count). The molecule has 140 valence electrons. The fourth-order valence-electron chi connectivity index (χ4n) is 3.50. The molecule has 2 aromatic heterocycles. The van der Waals surface area contributed by atoms with Crippen molar-refractivity contribution in [2.24, 2.45) is 0 Å². The van der Waals surface area contributed by atoms with Crippen LogP contribution >= 0.6 is 0 Å². The van der Waals surface area contributed by atoms with Crippen LogP contribution in [-0.4, -0.2) is 44.4 Å². The fraction of sp³-hybridized carbons (Fsp3) is 0.667. The first-order valence-electron chi connectivity index (χ1n) is 9.53. The summed E-state index contributed by atoms with van der Waals surface area (Å²) in [5.74, 6) is 1.10. The first-order valence-corrected chi connectivity index (χ1v) is 9.53. The van der Waals surface area contributed by atoms with E-state index < -0.39 is 0 Å². The van der Waals surface area contributed by atoms with Crippen LogP contribution in [0.25, 0.3) is 5.52 Å². The molecule has 26 heavy (non-hydrogen) atoms. The third kappa shape index (κ3) is 3.38. The zero-order chi connectivity index (χ0) is 18.3. The van der Waals surface area contributed by atoms with Crippen molar-refractivity contribution in [2.45, 2.75) is 64.0 Å². The van der Waals surface area contributed by atoms with Gasteiger partial charge in [0.15, 0.2) is 5.82 Å². The molecule has 1 saturated carbocycles. The molecule has 1 saturated heterocycles. The highest BCUT2D eigenvalue weighted by Gasteiger charge is 2.28. The van der Waals surface area contributed by atoms with Gasteiger partial charge in [0.1, 0.15) is 12.1 Å². The Kier molecular flexibility index (Phi) is 4.52. The van der Waals surface area contributed by atoms with Gasteiger partial charge in [0.25, 0.3) is 5.56 Å². The van der Waals surface area contributed by atoms with Gasteiger partial charge < -0.3 is 10.6 Å². The molecule has 3 heterocycles. The van der Waals surface area contributed by atoms with E-state index in [0.29, 0.717) is 17.3 Å². The van der Waals surface area contributed by atoms with E-state index >= 15 is 0 Å². The van der Waals surface area contributed by atoms with Crippen LogP contribution in [0.2, 0.25) is 0 Å². The minimum absolute atomic E-state index is 0.0600. The van der Waals surface area contributed by atoms with Crippen LogP contribution in [0.1, 0.15) is 62.9 Å². The lowest BCUT2D eigenvalue weighted by Gasteiger charge is -2.23. The second-order valence-corrected chi connectivity index (χ2v) is 7.73. The Bertz CT molecular complexity index is 874. The Morgan fingerprint density at radius 1 is 1.35 bits per heavy atom. The van der Waals surface area contributed by atoms with Crippen molar-refractivity contribution in [2.75, 3.05) is 13.1 Å². The maximum Gasteiger partial charge on any atom is 0.293 e. The summed E-state index contributed by atoms with van der Waals surface area (Å²) in [7, 11) is 0. The zero-order valence-electron chi connectivity index (χ0n) is 15.4. The Morgan fingerprint density at radius 2 is 2.15 bits per heavy atom. The number of fused-ring (bicyclic) bond motifs is 1. The van der Waals surface area contributed by atoms with Crippen LogP contribution in [0.5, 0.6) is 0 Å². The molecule has 1 amide bonds. The van der Waals surface area contributed by atoms with Crippen LogP contribution in [-0.2, 0) is 11.3 Å². The van der Waals surface area contributed by atoms with Crippen molar-refractivity contribution in [3.63, 3.8) is 0 Å². The average molecular weight is 358 g/mol. The third-order valence-electron chi connectivity index (χ3n) is 5.09. The van der Waals surface area contributed by atoms with Gasteiger partial charge in [0.2, 0.25) is 5.91 Å². The van der Waals surface area contributed by atoms with Crippen molar-refractivity contribution in [3.05, 3.63) is 27.9 Å². The quantitative estimate of drug-likeness (QED) is 0.823. The molecule has 2 N–H and O–H groups in total. The Hall–Kier alpha value is -2.22. The van der Waals surface area contributed by atoms with E-state index in [1.807, 2.05) is 19.9 Å². The number of hydrogen-bond acceptors (Lipinski definition) is 5. The molecule has 0 spiro atoms. The summed E-state index contributed by atoms with van der Waals surface area (Å²) in [6.45, 7) is 5.74. The molecular weight excluding hydrogens is 332 g/mol. The van der Waals surface area contributed by atoms with Gasteiger partial charge in [-0.05, 0) is 38.3 Å². The molecule has 2 aliphatic rings. The Morgan fingerprint density at radius 3 is 2.81 bits per heavy atom. The second-order valence-electron chi connectivity index (χ2n) is 7.73. The first kappa shape index (κ1) is 17.2. The summed E-state index contributed by atoms with van der Waals surface area (Å²) in [5.41, 5.74) is 1.21. The summed E-state index contributed by atoms with van der Waals surface area (Å²) in [4.78, 5) is 25.2. The topological polar surface area (TPSA) is 93.3 Å². The van der Waals surface area contributed by atoms with Gasteiger partial charge in [-0.1, -0.05) is 13.8 Å². The summed E-state index contributed by atoms with van der Waals surface area (Å²) in [6, 6.07) is 1.99. The van der Waals surface area contributed by atoms with Crippen LogP contribution in [0.3, 0.4) is 0 Å². The number of aromatic nitrogens is 4. The van der Waals surface area contributed by atoms with E-state index in [1.165, 1.54) is 4.68 Å². The SMILES string of the molecule is CC(C)c1nn(CC(=O)NC2CCCNC2)c(=O)c2cc(C3CC3)nn12. The second kappa shape index (κ2) is 6.83. The summed E-state index contributed by atoms with van der Waals surface area (Å²) in [5, 5.41) is 15.3. The molecule has 8 heteroatoms. The van der Waals surface area contributed by atoms with E-state index in [4.69, 9.17) is 0 Å². The molecule has 0 aromatic carbocycles. The van der Waals surface area contributed by atoms with E-state index in [1.54, 1.807) is 4.52 Å². The lowest BCUT2D eigenvalue weighted by atomic mass is 10.1. The normalized spacial score (nSPS) is 20.7.